The van der Waals surface area contributed by atoms with Gasteiger partial charge in [-0.2, -0.15) is 11.8 Å². The summed E-state index contributed by atoms with van der Waals surface area (Å²) in [6, 6.07) is 2.44. The Morgan fingerprint density at radius 3 is 2.72 bits per heavy atom. The van der Waals surface area contributed by atoms with E-state index >= 15 is 0 Å². The predicted molar refractivity (Wildman–Crippen MR) is 78.1 cm³/mol. The molecule has 102 valence electrons. The van der Waals surface area contributed by atoms with Crippen molar-refractivity contribution < 1.29 is 8.78 Å². The molecule has 5 heteroatoms. The van der Waals surface area contributed by atoms with Gasteiger partial charge in [-0.25, -0.2) is 8.78 Å². The summed E-state index contributed by atoms with van der Waals surface area (Å²) >= 11 is 4.79. The standard InChI is InChI=1S/C13H18BrF2NS/c1-3-7-17-11(6-8-18-2)12-10(15)5-4-9(14)13(12)16/h4-5,11,17H,3,6-8H2,1-2H3. The minimum absolute atomic E-state index is 0.145. The summed E-state index contributed by atoms with van der Waals surface area (Å²) in [5, 5.41) is 3.22. The first kappa shape index (κ1) is 15.9. The molecule has 18 heavy (non-hydrogen) atoms. The SMILES string of the molecule is CCCNC(CCSC)c1c(F)ccc(Br)c1F. The molecule has 1 aromatic rings. The Labute approximate surface area is 120 Å². The van der Waals surface area contributed by atoms with Crippen LogP contribution in [0.3, 0.4) is 0 Å². The molecule has 1 unspecified atom stereocenters. The van der Waals surface area contributed by atoms with Crippen LogP contribution in [0.15, 0.2) is 16.6 Å². The second-order valence-electron chi connectivity index (χ2n) is 4.05. The van der Waals surface area contributed by atoms with E-state index in [0.29, 0.717) is 10.9 Å². The number of rotatable bonds is 7. The van der Waals surface area contributed by atoms with E-state index in [1.807, 2.05) is 13.2 Å². The van der Waals surface area contributed by atoms with Crippen LogP contribution < -0.4 is 5.32 Å². The minimum Gasteiger partial charge on any atom is -0.310 e. The summed E-state index contributed by atoms with van der Waals surface area (Å²) in [6.45, 7) is 2.79. The molecule has 1 nitrogen and oxygen atoms in total. The van der Waals surface area contributed by atoms with Crippen LogP contribution in [0.1, 0.15) is 31.4 Å². The van der Waals surface area contributed by atoms with Crippen LogP contribution in [-0.4, -0.2) is 18.6 Å². The third kappa shape index (κ3) is 4.21. The highest BCUT2D eigenvalue weighted by molar-refractivity contribution is 9.10. The quantitative estimate of drug-likeness (QED) is 0.734. The highest BCUT2D eigenvalue weighted by Gasteiger charge is 2.21. The summed E-state index contributed by atoms with van der Waals surface area (Å²) in [5.74, 6) is -0.109. The van der Waals surface area contributed by atoms with Crippen LogP contribution in [0.4, 0.5) is 8.78 Å². The Bertz CT molecular complexity index is 379. The molecule has 0 bridgehead atoms. The van der Waals surface area contributed by atoms with Crippen LogP contribution in [0.25, 0.3) is 0 Å². The first-order valence-electron chi connectivity index (χ1n) is 5.97. The van der Waals surface area contributed by atoms with E-state index in [1.165, 1.54) is 12.1 Å². The number of nitrogens with one attached hydrogen (secondary N) is 1. The molecular weight excluding hydrogens is 320 g/mol. The van der Waals surface area contributed by atoms with Crippen molar-refractivity contribution in [3.05, 3.63) is 33.8 Å². The minimum atomic E-state index is -0.496. The molecule has 0 aliphatic heterocycles. The third-order valence-corrected chi connectivity index (χ3v) is 3.94. The van der Waals surface area contributed by atoms with Crippen molar-refractivity contribution in [2.75, 3.05) is 18.6 Å². The van der Waals surface area contributed by atoms with Gasteiger partial charge in [0.2, 0.25) is 0 Å². The Morgan fingerprint density at radius 2 is 2.11 bits per heavy atom. The number of thioether (sulfide) groups is 1. The number of hydrogen-bond donors (Lipinski definition) is 1. The van der Waals surface area contributed by atoms with Gasteiger partial charge in [-0.3, -0.25) is 0 Å². The van der Waals surface area contributed by atoms with Gasteiger partial charge in [0.05, 0.1) is 4.47 Å². The zero-order chi connectivity index (χ0) is 13.5. The maximum absolute atomic E-state index is 14.0. The molecule has 0 fully saturated rings. The van der Waals surface area contributed by atoms with Crippen molar-refractivity contribution in [3.8, 4) is 0 Å². The molecule has 0 heterocycles. The molecule has 1 N–H and O–H groups in total. The van der Waals surface area contributed by atoms with Gasteiger partial charge in [0.15, 0.2) is 0 Å². The van der Waals surface area contributed by atoms with E-state index in [0.717, 1.165) is 18.7 Å². The lowest BCUT2D eigenvalue weighted by Gasteiger charge is -2.20. The van der Waals surface area contributed by atoms with E-state index in [9.17, 15) is 8.78 Å². The van der Waals surface area contributed by atoms with Gasteiger partial charge < -0.3 is 5.32 Å². The normalized spacial score (nSPS) is 12.7. The lowest BCUT2D eigenvalue weighted by atomic mass is 10.0. The second kappa shape index (κ2) is 8.12. The van der Waals surface area contributed by atoms with E-state index in [4.69, 9.17) is 0 Å². The van der Waals surface area contributed by atoms with Gasteiger partial charge in [-0.1, -0.05) is 6.92 Å². The van der Waals surface area contributed by atoms with Crippen molar-refractivity contribution in [2.24, 2.45) is 0 Å². The summed E-state index contributed by atoms with van der Waals surface area (Å²) in [6.07, 6.45) is 3.64. The van der Waals surface area contributed by atoms with Gasteiger partial charge >= 0.3 is 0 Å². The second-order valence-corrected chi connectivity index (χ2v) is 5.88. The lowest BCUT2D eigenvalue weighted by molar-refractivity contribution is 0.458. The molecule has 0 spiro atoms. The first-order valence-corrected chi connectivity index (χ1v) is 8.16. The van der Waals surface area contributed by atoms with E-state index in [2.05, 4.69) is 21.2 Å². The number of benzene rings is 1. The summed E-state index contributed by atoms with van der Waals surface area (Å²) in [4.78, 5) is 0. The largest absolute Gasteiger partial charge is 0.310 e. The zero-order valence-corrected chi connectivity index (χ0v) is 13.0. The number of hydrogen-bond acceptors (Lipinski definition) is 2. The van der Waals surface area contributed by atoms with Gasteiger partial charge in [-0.05, 0) is 59.5 Å². The molecular formula is C13H18BrF2NS. The average molecular weight is 338 g/mol. The molecule has 1 atom stereocenters. The fourth-order valence-corrected chi connectivity index (χ4v) is 2.58. The average Bonchev–Trinajstić information content (AvgIpc) is 2.36. The zero-order valence-electron chi connectivity index (χ0n) is 10.6. The smallest absolute Gasteiger partial charge is 0.145 e. The van der Waals surface area contributed by atoms with Crippen molar-refractivity contribution in [1.82, 2.24) is 5.32 Å². The summed E-state index contributed by atoms with van der Waals surface area (Å²) in [5.41, 5.74) is 0.145. The third-order valence-electron chi connectivity index (χ3n) is 2.68. The van der Waals surface area contributed by atoms with Crippen molar-refractivity contribution >= 4 is 27.7 Å². The summed E-state index contributed by atoms with van der Waals surface area (Å²) < 4.78 is 28.2. The van der Waals surface area contributed by atoms with E-state index in [-0.39, 0.29) is 11.6 Å². The molecule has 1 rings (SSSR count). The highest BCUT2D eigenvalue weighted by Crippen LogP contribution is 2.29. The monoisotopic (exact) mass is 337 g/mol. The maximum atomic E-state index is 14.0. The van der Waals surface area contributed by atoms with Gasteiger partial charge in [-0.15, -0.1) is 0 Å². The lowest BCUT2D eigenvalue weighted by Crippen LogP contribution is -2.25. The van der Waals surface area contributed by atoms with E-state index < -0.39 is 11.6 Å². The van der Waals surface area contributed by atoms with Gasteiger partial charge in [0.25, 0.3) is 0 Å². The van der Waals surface area contributed by atoms with Crippen LogP contribution in [-0.2, 0) is 0 Å². The molecule has 0 saturated heterocycles. The molecule has 0 aliphatic carbocycles. The molecule has 0 aliphatic rings. The van der Waals surface area contributed by atoms with E-state index in [1.54, 1.807) is 11.8 Å². The Balaban J connectivity index is 2.99. The van der Waals surface area contributed by atoms with Crippen LogP contribution >= 0.6 is 27.7 Å². The van der Waals surface area contributed by atoms with Crippen molar-refractivity contribution in [3.63, 3.8) is 0 Å². The topological polar surface area (TPSA) is 12.0 Å². The van der Waals surface area contributed by atoms with Crippen LogP contribution in [0.2, 0.25) is 0 Å². The van der Waals surface area contributed by atoms with Gasteiger partial charge in [0.1, 0.15) is 11.6 Å². The number of halogens is 3. The molecule has 0 radical (unpaired) electrons. The predicted octanol–water partition coefficient (Wildman–Crippen LogP) is 4.52. The molecule has 1 aromatic carbocycles. The van der Waals surface area contributed by atoms with Crippen LogP contribution in [0.5, 0.6) is 0 Å². The summed E-state index contributed by atoms with van der Waals surface area (Å²) in [7, 11) is 0. The maximum Gasteiger partial charge on any atom is 0.145 e. The highest BCUT2D eigenvalue weighted by atomic mass is 79.9. The molecule has 0 saturated carbocycles. The fourth-order valence-electron chi connectivity index (χ4n) is 1.76. The van der Waals surface area contributed by atoms with Crippen molar-refractivity contribution in [1.29, 1.82) is 0 Å². The van der Waals surface area contributed by atoms with Crippen molar-refractivity contribution in [2.45, 2.75) is 25.8 Å². The van der Waals surface area contributed by atoms with Crippen LogP contribution in [0, 0.1) is 11.6 Å². The fraction of sp³-hybridized carbons (Fsp3) is 0.538. The first-order chi connectivity index (χ1) is 8.61. The molecule has 0 amide bonds. The Hall–Kier alpha value is -0.130. The van der Waals surface area contributed by atoms with Gasteiger partial charge in [0, 0.05) is 11.6 Å². The Morgan fingerprint density at radius 1 is 1.39 bits per heavy atom. The Kier molecular flexibility index (Phi) is 7.19. The molecule has 0 aromatic heterocycles.